The summed E-state index contributed by atoms with van der Waals surface area (Å²) in [7, 11) is 0. The van der Waals surface area contributed by atoms with Gasteiger partial charge >= 0.3 is 0 Å². The van der Waals surface area contributed by atoms with Crippen LogP contribution in [0.4, 0.5) is 0 Å². The van der Waals surface area contributed by atoms with Gasteiger partial charge in [-0.15, -0.1) is 0 Å². The van der Waals surface area contributed by atoms with Crippen molar-refractivity contribution in [1.82, 2.24) is 9.97 Å². The molecule has 0 spiro atoms. The molecule has 1 radical (unpaired) electrons. The minimum atomic E-state index is 0.0153. The molecular formula is C7H7N2O. The van der Waals surface area contributed by atoms with Crippen LogP contribution in [0.25, 0.3) is 0 Å². The Balaban J connectivity index is 2.85. The standard InChI is InChI=1S/C7H7N2O/c1-2-7(10)6-5-8-3-4-9-6/h4-5H,2H2,1H3. The van der Waals surface area contributed by atoms with Crippen molar-refractivity contribution in [3.05, 3.63) is 24.3 Å². The SMILES string of the molecule is CCC(=O)c1cn[c]cn1. The molecule has 1 aromatic rings. The van der Waals surface area contributed by atoms with E-state index in [1.54, 1.807) is 6.92 Å². The van der Waals surface area contributed by atoms with Crippen LogP contribution >= 0.6 is 0 Å². The van der Waals surface area contributed by atoms with Crippen LogP contribution < -0.4 is 0 Å². The second kappa shape index (κ2) is 3.06. The van der Waals surface area contributed by atoms with Gasteiger partial charge in [0.2, 0.25) is 0 Å². The van der Waals surface area contributed by atoms with Crippen LogP contribution in [0, 0.1) is 6.20 Å². The average molecular weight is 135 g/mol. The van der Waals surface area contributed by atoms with E-state index < -0.39 is 0 Å². The van der Waals surface area contributed by atoms with Crippen LogP contribution in [-0.2, 0) is 0 Å². The van der Waals surface area contributed by atoms with Gasteiger partial charge in [0, 0.05) is 6.42 Å². The first-order valence-corrected chi connectivity index (χ1v) is 3.06. The summed E-state index contributed by atoms with van der Waals surface area (Å²) in [6.07, 6.45) is 5.78. The van der Waals surface area contributed by atoms with Crippen molar-refractivity contribution < 1.29 is 4.79 Å². The molecule has 1 aromatic heterocycles. The van der Waals surface area contributed by atoms with Crippen LogP contribution in [0.1, 0.15) is 23.8 Å². The number of Topliss-reactive ketones (excluding diaryl/α,β-unsaturated/α-hetero) is 1. The lowest BCUT2D eigenvalue weighted by atomic mass is 10.2. The summed E-state index contributed by atoms with van der Waals surface area (Å²) in [5, 5.41) is 0. The second-order valence-corrected chi connectivity index (χ2v) is 1.81. The summed E-state index contributed by atoms with van der Waals surface area (Å²) in [5.41, 5.74) is 0.418. The lowest BCUT2D eigenvalue weighted by Crippen LogP contribution is -1.99. The third-order valence-corrected chi connectivity index (χ3v) is 1.13. The molecule has 0 fully saturated rings. The van der Waals surface area contributed by atoms with Crippen molar-refractivity contribution in [3.63, 3.8) is 0 Å². The molecule has 0 aliphatic heterocycles. The first kappa shape index (κ1) is 6.86. The minimum Gasteiger partial charge on any atom is -0.292 e. The van der Waals surface area contributed by atoms with Gasteiger partial charge in [0.1, 0.15) is 11.9 Å². The van der Waals surface area contributed by atoms with E-state index in [-0.39, 0.29) is 5.78 Å². The van der Waals surface area contributed by atoms with E-state index in [4.69, 9.17) is 0 Å². The van der Waals surface area contributed by atoms with Gasteiger partial charge < -0.3 is 0 Å². The third kappa shape index (κ3) is 1.37. The number of ketones is 1. The Morgan fingerprint density at radius 3 is 3.10 bits per heavy atom. The van der Waals surface area contributed by atoms with E-state index in [0.717, 1.165) is 0 Å². The van der Waals surface area contributed by atoms with E-state index in [0.29, 0.717) is 12.1 Å². The van der Waals surface area contributed by atoms with Crippen LogP contribution in [0.5, 0.6) is 0 Å². The van der Waals surface area contributed by atoms with Gasteiger partial charge in [0.25, 0.3) is 0 Å². The Morgan fingerprint density at radius 2 is 2.60 bits per heavy atom. The molecule has 0 unspecified atom stereocenters. The molecule has 1 heterocycles. The number of nitrogens with zero attached hydrogens (tertiary/aromatic N) is 2. The van der Waals surface area contributed by atoms with Crippen LogP contribution in [0.2, 0.25) is 0 Å². The molecule has 0 saturated carbocycles. The molecule has 3 heteroatoms. The van der Waals surface area contributed by atoms with Gasteiger partial charge in [-0.1, -0.05) is 6.92 Å². The van der Waals surface area contributed by atoms with E-state index in [2.05, 4.69) is 16.2 Å². The highest BCUT2D eigenvalue weighted by atomic mass is 16.1. The molecule has 0 N–H and O–H groups in total. The molecule has 0 atom stereocenters. The number of rotatable bonds is 2. The van der Waals surface area contributed by atoms with Crippen LogP contribution in [0.3, 0.4) is 0 Å². The Kier molecular flexibility index (Phi) is 2.10. The number of hydrogen-bond acceptors (Lipinski definition) is 3. The predicted molar refractivity (Wildman–Crippen MR) is 35.5 cm³/mol. The Hall–Kier alpha value is -1.25. The molecular weight excluding hydrogens is 128 g/mol. The molecule has 0 saturated heterocycles. The monoisotopic (exact) mass is 135 g/mol. The molecule has 0 amide bonds. The lowest BCUT2D eigenvalue weighted by Gasteiger charge is -1.91. The number of hydrogen-bond donors (Lipinski definition) is 0. The molecule has 0 aliphatic carbocycles. The van der Waals surface area contributed by atoms with E-state index in [1.807, 2.05) is 0 Å². The summed E-state index contributed by atoms with van der Waals surface area (Å²) < 4.78 is 0. The molecule has 0 aliphatic rings. The van der Waals surface area contributed by atoms with E-state index >= 15 is 0 Å². The summed E-state index contributed by atoms with van der Waals surface area (Å²) in [6.45, 7) is 1.79. The fourth-order valence-electron chi connectivity index (χ4n) is 0.589. The Labute approximate surface area is 59.1 Å². The van der Waals surface area contributed by atoms with Gasteiger partial charge in [-0.05, 0) is 0 Å². The summed E-state index contributed by atoms with van der Waals surface area (Å²) >= 11 is 0. The zero-order valence-corrected chi connectivity index (χ0v) is 5.66. The molecule has 0 bridgehead atoms. The fraction of sp³-hybridized carbons (Fsp3) is 0.286. The van der Waals surface area contributed by atoms with Crippen molar-refractivity contribution in [2.75, 3.05) is 0 Å². The van der Waals surface area contributed by atoms with Gasteiger partial charge in [-0.2, -0.15) is 0 Å². The van der Waals surface area contributed by atoms with Gasteiger partial charge in [0.05, 0.1) is 12.4 Å². The van der Waals surface area contributed by atoms with Crippen LogP contribution in [-0.4, -0.2) is 15.8 Å². The van der Waals surface area contributed by atoms with E-state index in [1.165, 1.54) is 12.4 Å². The molecule has 1 rings (SSSR count). The van der Waals surface area contributed by atoms with Gasteiger partial charge in [-0.3, -0.25) is 9.78 Å². The van der Waals surface area contributed by atoms with Gasteiger partial charge in [0.15, 0.2) is 5.78 Å². The maximum absolute atomic E-state index is 10.9. The van der Waals surface area contributed by atoms with Crippen molar-refractivity contribution in [3.8, 4) is 0 Å². The highest BCUT2D eigenvalue weighted by Gasteiger charge is 2.01. The summed E-state index contributed by atoms with van der Waals surface area (Å²) in [6, 6.07) is 0. The smallest absolute Gasteiger partial charge is 0.182 e. The van der Waals surface area contributed by atoms with E-state index in [9.17, 15) is 4.79 Å². The zero-order valence-electron chi connectivity index (χ0n) is 5.66. The van der Waals surface area contributed by atoms with Crippen molar-refractivity contribution in [1.29, 1.82) is 0 Å². The van der Waals surface area contributed by atoms with Crippen molar-refractivity contribution in [2.24, 2.45) is 0 Å². The molecule has 0 aromatic carbocycles. The first-order chi connectivity index (χ1) is 4.84. The number of aromatic nitrogens is 2. The molecule has 10 heavy (non-hydrogen) atoms. The number of carbonyl (C=O) groups is 1. The van der Waals surface area contributed by atoms with Gasteiger partial charge in [-0.25, -0.2) is 4.98 Å². The fourth-order valence-corrected chi connectivity index (χ4v) is 0.589. The maximum Gasteiger partial charge on any atom is 0.182 e. The van der Waals surface area contributed by atoms with Crippen molar-refractivity contribution >= 4 is 5.78 Å². The van der Waals surface area contributed by atoms with Crippen molar-refractivity contribution in [2.45, 2.75) is 13.3 Å². The molecule has 3 nitrogen and oxygen atoms in total. The highest BCUT2D eigenvalue weighted by molar-refractivity contribution is 5.93. The van der Waals surface area contributed by atoms with Crippen LogP contribution in [0.15, 0.2) is 12.4 Å². The topological polar surface area (TPSA) is 42.9 Å². The molecule has 51 valence electrons. The normalized spacial score (nSPS) is 9.30. The lowest BCUT2D eigenvalue weighted by molar-refractivity contribution is 0.0983. The Bertz CT molecular complexity index is 220. The quantitative estimate of drug-likeness (QED) is 0.565. The summed E-state index contributed by atoms with van der Waals surface area (Å²) in [4.78, 5) is 18.3. The maximum atomic E-state index is 10.9. The zero-order chi connectivity index (χ0) is 7.40. The first-order valence-electron chi connectivity index (χ1n) is 3.06. The average Bonchev–Trinajstić information content (AvgIpc) is 2.05. The highest BCUT2D eigenvalue weighted by Crippen LogP contribution is 1.94. The minimum absolute atomic E-state index is 0.0153. The number of carbonyl (C=O) groups excluding carboxylic acids is 1. The Morgan fingerprint density at radius 1 is 1.80 bits per heavy atom. The second-order valence-electron chi connectivity index (χ2n) is 1.81. The predicted octanol–water partition coefficient (Wildman–Crippen LogP) is 0.869. The third-order valence-electron chi connectivity index (χ3n) is 1.13. The largest absolute Gasteiger partial charge is 0.292 e. The summed E-state index contributed by atoms with van der Waals surface area (Å²) in [5.74, 6) is 0.0153.